The van der Waals surface area contributed by atoms with Crippen molar-refractivity contribution in [1.29, 1.82) is 0 Å². The third kappa shape index (κ3) is 3.19. The summed E-state index contributed by atoms with van der Waals surface area (Å²) in [5.41, 5.74) is 0.162. The predicted octanol–water partition coefficient (Wildman–Crippen LogP) is 3.62. The number of carbonyl (C=O) groups excluding carboxylic acids is 1. The minimum atomic E-state index is -0.314. The highest BCUT2D eigenvalue weighted by Gasteiger charge is 2.41. The summed E-state index contributed by atoms with van der Waals surface area (Å²) in [5.74, 6) is 0.108. The predicted molar refractivity (Wildman–Crippen MR) is 85.5 cm³/mol. The molecule has 1 saturated carbocycles. The van der Waals surface area contributed by atoms with E-state index in [1.54, 1.807) is 0 Å². The Kier molecular flexibility index (Phi) is 3.49. The van der Waals surface area contributed by atoms with E-state index in [9.17, 15) is 4.79 Å². The Hall–Kier alpha value is -0.810. The Morgan fingerprint density at radius 2 is 1.81 bits per heavy atom. The molecular weight excluding hydrogens is 332 g/mol. The molecule has 4 nitrogen and oxygen atoms in total. The van der Waals surface area contributed by atoms with Crippen molar-refractivity contribution in [2.75, 3.05) is 13.1 Å². The molecule has 1 amide bonds. The minimum Gasteiger partial charge on any atom is -0.366 e. The van der Waals surface area contributed by atoms with Gasteiger partial charge in [0, 0.05) is 29.8 Å². The van der Waals surface area contributed by atoms with Crippen molar-refractivity contribution >= 4 is 21.8 Å². The lowest BCUT2D eigenvalue weighted by molar-refractivity contribution is -0.171. The van der Waals surface area contributed by atoms with Crippen LogP contribution in [0.3, 0.4) is 0 Å². The highest BCUT2D eigenvalue weighted by Crippen LogP contribution is 2.38. The van der Waals surface area contributed by atoms with E-state index in [-0.39, 0.29) is 17.1 Å². The van der Waals surface area contributed by atoms with E-state index in [0.29, 0.717) is 19.1 Å². The fraction of sp³-hybridized carbons (Fsp3) is 0.688. The lowest BCUT2D eigenvalue weighted by atomic mass is 9.98. The number of nitrogens with zero attached hydrogens (tertiary/aromatic N) is 2. The van der Waals surface area contributed by atoms with Gasteiger partial charge in [-0.2, -0.15) is 0 Å². The molecule has 1 aliphatic heterocycles. The van der Waals surface area contributed by atoms with Gasteiger partial charge in [-0.25, -0.2) is 0 Å². The van der Waals surface area contributed by atoms with Gasteiger partial charge in [0.15, 0.2) is 0 Å². The van der Waals surface area contributed by atoms with Gasteiger partial charge in [-0.05, 0) is 62.5 Å². The molecule has 0 spiro atoms. The van der Waals surface area contributed by atoms with E-state index in [1.807, 2.05) is 44.9 Å². The van der Waals surface area contributed by atoms with Gasteiger partial charge in [0.1, 0.15) is 5.69 Å². The number of amides is 1. The van der Waals surface area contributed by atoms with Crippen molar-refractivity contribution in [1.82, 2.24) is 9.47 Å². The Morgan fingerprint density at radius 1 is 1.24 bits per heavy atom. The molecule has 2 heterocycles. The van der Waals surface area contributed by atoms with Crippen molar-refractivity contribution in [3.63, 3.8) is 0 Å². The van der Waals surface area contributed by atoms with Crippen molar-refractivity contribution in [3.8, 4) is 0 Å². The molecule has 1 saturated heterocycles. The van der Waals surface area contributed by atoms with E-state index < -0.39 is 0 Å². The molecule has 0 unspecified atom stereocenters. The van der Waals surface area contributed by atoms with Gasteiger partial charge in [-0.3, -0.25) is 4.79 Å². The van der Waals surface area contributed by atoms with Gasteiger partial charge in [0.25, 0.3) is 5.91 Å². The molecule has 1 aromatic rings. The zero-order valence-electron chi connectivity index (χ0n) is 13.1. The van der Waals surface area contributed by atoms with Gasteiger partial charge < -0.3 is 14.2 Å². The summed E-state index contributed by atoms with van der Waals surface area (Å²) in [7, 11) is 0. The summed E-state index contributed by atoms with van der Waals surface area (Å²) in [4.78, 5) is 14.9. The number of carbonyl (C=O) groups is 1. The molecule has 3 rings (SSSR count). The number of ether oxygens (including phenoxy) is 1. The summed E-state index contributed by atoms with van der Waals surface area (Å²) in [5, 5.41) is 0. The molecular formula is C16H23BrN2O2. The van der Waals surface area contributed by atoms with Crippen LogP contribution in [0.2, 0.25) is 0 Å². The lowest BCUT2D eigenvalue weighted by Gasteiger charge is -2.47. The zero-order valence-corrected chi connectivity index (χ0v) is 14.7. The van der Waals surface area contributed by atoms with Gasteiger partial charge in [0.05, 0.1) is 11.2 Å². The molecule has 2 aliphatic rings. The Bertz CT molecular complexity index is 557. The first kappa shape index (κ1) is 15.1. The van der Waals surface area contributed by atoms with Crippen molar-refractivity contribution in [2.45, 2.75) is 57.8 Å². The van der Waals surface area contributed by atoms with Gasteiger partial charge in [0.2, 0.25) is 0 Å². The number of rotatable bonds is 2. The first-order valence-electron chi connectivity index (χ1n) is 7.54. The van der Waals surface area contributed by atoms with E-state index in [2.05, 4.69) is 20.5 Å². The third-order valence-corrected chi connectivity index (χ3v) is 4.39. The fourth-order valence-electron chi connectivity index (χ4n) is 3.37. The first-order chi connectivity index (χ1) is 9.67. The first-order valence-corrected chi connectivity index (χ1v) is 8.33. The second-order valence-electron chi connectivity index (χ2n) is 7.46. The topological polar surface area (TPSA) is 34.5 Å². The average molecular weight is 355 g/mol. The van der Waals surface area contributed by atoms with E-state index in [0.717, 1.165) is 10.2 Å². The van der Waals surface area contributed by atoms with Gasteiger partial charge in [-0.15, -0.1) is 0 Å². The van der Waals surface area contributed by atoms with E-state index in [1.165, 1.54) is 12.8 Å². The molecule has 2 fully saturated rings. The number of halogens is 1. The van der Waals surface area contributed by atoms with Crippen LogP contribution in [-0.4, -0.2) is 39.7 Å². The maximum atomic E-state index is 13.0. The van der Waals surface area contributed by atoms with Crippen LogP contribution in [0, 0.1) is 0 Å². The Labute approximate surface area is 134 Å². The number of hydrogen-bond donors (Lipinski definition) is 0. The summed E-state index contributed by atoms with van der Waals surface area (Å²) in [6.45, 7) is 9.44. The minimum absolute atomic E-state index is 0.108. The van der Waals surface area contributed by atoms with Crippen molar-refractivity contribution in [3.05, 3.63) is 22.4 Å². The van der Waals surface area contributed by atoms with E-state index >= 15 is 0 Å². The van der Waals surface area contributed by atoms with Crippen molar-refractivity contribution < 1.29 is 9.53 Å². The summed E-state index contributed by atoms with van der Waals surface area (Å²) in [6.07, 6.45) is 4.37. The number of morpholine rings is 1. The lowest BCUT2D eigenvalue weighted by Crippen LogP contribution is -2.58. The van der Waals surface area contributed by atoms with Crippen LogP contribution in [0.5, 0.6) is 0 Å². The molecule has 21 heavy (non-hydrogen) atoms. The molecule has 1 aromatic heterocycles. The standard InChI is InChI=1S/C16H23BrN2O2/c1-15(2)9-18(10-16(3,4)21-15)14(20)13-7-11(17)8-19(13)12-5-6-12/h7-8,12H,5-6,9-10H2,1-4H3. The Balaban J connectivity index is 1.88. The number of aromatic nitrogens is 1. The van der Waals surface area contributed by atoms with Crippen molar-refractivity contribution in [2.24, 2.45) is 0 Å². The van der Waals surface area contributed by atoms with Crippen LogP contribution in [0.15, 0.2) is 16.7 Å². The maximum absolute atomic E-state index is 13.0. The molecule has 0 N–H and O–H groups in total. The number of hydrogen-bond acceptors (Lipinski definition) is 2. The third-order valence-electron chi connectivity index (χ3n) is 3.96. The molecule has 116 valence electrons. The molecule has 0 radical (unpaired) electrons. The molecule has 5 heteroatoms. The van der Waals surface area contributed by atoms with Gasteiger partial charge in [-0.1, -0.05) is 0 Å². The van der Waals surface area contributed by atoms with E-state index in [4.69, 9.17) is 4.74 Å². The summed E-state index contributed by atoms with van der Waals surface area (Å²) < 4.78 is 9.17. The SMILES string of the molecule is CC1(C)CN(C(=O)c2cc(Br)cn2C2CC2)CC(C)(C)O1. The van der Waals surface area contributed by atoms with Crippen LogP contribution < -0.4 is 0 Å². The van der Waals surface area contributed by atoms with Crippen LogP contribution in [0.1, 0.15) is 57.1 Å². The summed E-state index contributed by atoms with van der Waals surface area (Å²) in [6, 6.07) is 2.44. The van der Waals surface area contributed by atoms with Crippen LogP contribution in [-0.2, 0) is 4.74 Å². The van der Waals surface area contributed by atoms with Crippen LogP contribution in [0.25, 0.3) is 0 Å². The summed E-state index contributed by atoms with van der Waals surface area (Å²) >= 11 is 3.50. The average Bonchev–Trinajstić information content (AvgIpc) is 3.07. The second-order valence-corrected chi connectivity index (χ2v) is 8.38. The molecule has 1 aliphatic carbocycles. The zero-order chi connectivity index (χ0) is 15.4. The largest absolute Gasteiger partial charge is 0.366 e. The normalized spacial score (nSPS) is 24.1. The fourth-order valence-corrected chi connectivity index (χ4v) is 3.80. The van der Waals surface area contributed by atoms with Crippen LogP contribution >= 0.6 is 15.9 Å². The smallest absolute Gasteiger partial charge is 0.270 e. The highest BCUT2D eigenvalue weighted by molar-refractivity contribution is 9.10. The molecule has 0 atom stereocenters. The molecule has 0 aromatic carbocycles. The molecule has 0 bridgehead atoms. The quantitative estimate of drug-likeness (QED) is 0.812. The van der Waals surface area contributed by atoms with Gasteiger partial charge >= 0.3 is 0 Å². The second kappa shape index (κ2) is 4.85. The van der Waals surface area contributed by atoms with Crippen LogP contribution in [0.4, 0.5) is 0 Å². The Morgan fingerprint density at radius 3 is 2.33 bits per heavy atom. The highest BCUT2D eigenvalue weighted by atomic mass is 79.9. The monoisotopic (exact) mass is 354 g/mol. The maximum Gasteiger partial charge on any atom is 0.270 e.